The standard InChI is InChI=1S/C40H46N6O7/c41-35-4-1-2-5-36(35)43-39(49)7-3-6-38(48)42-25-28-8-14-31(15-9-28)40-52-34(24-37(53-40)30-12-10-29(27-47)11-13-30)26-44-20-22-45(23-21-44)32-16-18-33(19-17-32)46(50)51/h1-2,4-5,8-19,34,37,40,47H,3,6-7,20-27,41H2,(H,42,48)(H,43,49). The highest BCUT2D eigenvalue weighted by atomic mass is 16.7. The minimum absolute atomic E-state index is 0.0271. The molecule has 3 unspecified atom stereocenters. The number of nitro benzene ring substituents is 1. The highest BCUT2D eigenvalue weighted by molar-refractivity contribution is 5.94. The predicted octanol–water partition coefficient (Wildman–Crippen LogP) is 5.46. The Labute approximate surface area is 308 Å². The molecule has 4 aromatic rings. The number of nitrogen functional groups attached to an aromatic ring is 1. The number of carbonyl (C=O) groups is 2. The van der Waals surface area contributed by atoms with E-state index >= 15 is 0 Å². The van der Waals surface area contributed by atoms with Crippen LogP contribution < -0.4 is 21.3 Å². The van der Waals surface area contributed by atoms with Crippen molar-refractivity contribution in [2.45, 2.75) is 57.3 Å². The third-order valence-electron chi connectivity index (χ3n) is 9.66. The lowest BCUT2D eigenvalue weighted by molar-refractivity contribution is -0.384. The quantitative estimate of drug-likeness (QED) is 0.0744. The molecule has 0 spiro atoms. The molecule has 4 aromatic carbocycles. The lowest BCUT2D eigenvalue weighted by atomic mass is 9.99. The van der Waals surface area contributed by atoms with Crippen LogP contribution in [0.1, 0.15) is 60.3 Å². The average Bonchev–Trinajstić information content (AvgIpc) is 3.18. The summed E-state index contributed by atoms with van der Waals surface area (Å²) in [6, 6.07) is 29.4. The third kappa shape index (κ3) is 10.4. The van der Waals surface area contributed by atoms with Crippen molar-refractivity contribution in [3.8, 4) is 0 Å². The molecule has 2 heterocycles. The summed E-state index contributed by atoms with van der Waals surface area (Å²) in [5, 5.41) is 26.3. The number of hydrogen-bond donors (Lipinski definition) is 4. The molecular weight excluding hydrogens is 676 g/mol. The number of benzene rings is 4. The van der Waals surface area contributed by atoms with E-state index in [2.05, 4.69) is 20.4 Å². The van der Waals surface area contributed by atoms with Crippen LogP contribution >= 0.6 is 0 Å². The van der Waals surface area contributed by atoms with Gasteiger partial charge in [-0.15, -0.1) is 0 Å². The van der Waals surface area contributed by atoms with Crippen molar-refractivity contribution in [3.63, 3.8) is 0 Å². The van der Waals surface area contributed by atoms with Gasteiger partial charge in [-0.3, -0.25) is 24.6 Å². The van der Waals surface area contributed by atoms with Crippen molar-refractivity contribution in [1.29, 1.82) is 0 Å². The number of non-ortho nitro benzene ring substituents is 1. The number of nitrogens with one attached hydrogen (secondary N) is 2. The van der Waals surface area contributed by atoms with Crippen LogP contribution in [-0.2, 0) is 32.2 Å². The molecule has 2 fully saturated rings. The Hall–Kier alpha value is -5.34. The predicted molar refractivity (Wildman–Crippen MR) is 202 cm³/mol. The molecule has 13 heteroatoms. The first kappa shape index (κ1) is 37.4. The van der Waals surface area contributed by atoms with E-state index in [9.17, 15) is 24.8 Å². The first-order valence-corrected chi connectivity index (χ1v) is 18.0. The van der Waals surface area contributed by atoms with Gasteiger partial charge >= 0.3 is 0 Å². The van der Waals surface area contributed by atoms with Crippen molar-refractivity contribution < 1.29 is 29.1 Å². The molecule has 53 heavy (non-hydrogen) atoms. The molecule has 0 bridgehead atoms. The van der Waals surface area contributed by atoms with Crippen molar-refractivity contribution in [3.05, 3.63) is 129 Å². The summed E-state index contributed by atoms with van der Waals surface area (Å²) in [6.07, 6.45) is 0.618. The van der Waals surface area contributed by atoms with Crippen LogP contribution in [0.25, 0.3) is 0 Å². The van der Waals surface area contributed by atoms with Gasteiger partial charge in [0, 0.05) is 81.9 Å². The number of nitrogens with zero attached hydrogens (tertiary/aromatic N) is 3. The molecule has 278 valence electrons. The van der Waals surface area contributed by atoms with Gasteiger partial charge in [-0.1, -0.05) is 60.7 Å². The Morgan fingerprint density at radius 3 is 2.17 bits per heavy atom. The zero-order chi connectivity index (χ0) is 37.2. The van der Waals surface area contributed by atoms with Crippen molar-refractivity contribution >= 4 is 34.6 Å². The van der Waals surface area contributed by atoms with E-state index in [0.717, 1.165) is 60.7 Å². The lowest BCUT2D eigenvalue weighted by Gasteiger charge is -2.41. The van der Waals surface area contributed by atoms with Crippen LogP contribution in [0.5, 0.6) is 0 Å². The lowest BCUT2D eigenvalue weighted by Crippen LogP contribution is -2.49. The summed E-state index contributed by atoms with van der Waals surface area (Å²) >= 11 is 0. The van der Waals surface area contributed by atoms with Gasteiger partial charge in [0.15, 0.2) is 6.29 Å². The number of nitrogens with two attached hydrogens (primary N) is 1. The number of piperazine rings is 1. The SMILES string of the molecule is Nc1ccccc1NC(=O)CCCC(=O)NCc1ccc(C2OC(CN3CCN(c4ccc([N+](=O)[O-])cc4)CC3)CC(c3ccc(CO)cc3)O2)cc1. The first-order valence-electron chi connectivity index (χ1n) is 18.0. The largest absolute Gasteiger partial charge is 0.397 e. The fourth-order valence-electron chi connectivity index (χ4n) is 6.61. The normalized spacial score (nSPS) is 19.0. The number of nitro groups is 1. The van der Waals surface area contributed by atoms with Crippen molar-refractivity contribution in [2.24, 2.45) is 0 Å². The van der Waals surface area contributed by atoms with Crippen LogP contribution in [0.3, 0.4) is 0 Å². The molecule has 0 aromatic heterocycles. The highest BCUT2D eigenvalue weighted by Crippen LogP contribution is 2.38. The van der Waals surface area contributed by atoms with Crippen molar-refractivity contribution in [2.75, 3.05) is 48.7 Å². The minimum atomic E-state index is -0.598. The van der Waals surface area contributed by atoms with E-state index < -0.39 is 6.29 Å². The summed E-state index contributed by atoms with van der Waals surface area (Å²) in [5.74, 6) is -0.320. The molecule has 2 aliphatic heterocycles. The number of amides is 2. The van der Waals surface area contributed by atoms with Gasteiger partial charge in [0.2, 0.25) is 11.8 Å². The number of hydrogen-bond acceptors (Lipinski definition) is 10. The average molecular weight is 723 g/mol. The Bertz CT molecular complexity index is 1830. The first-order chi connectivity index (χ1) is 25.7. The van der Waals surface area contributed by atoms with E-state index in [-0.39, 0.29) is 54.1 Å². The van der Waals surface area contributed by atoms with Gasteiger partial charge in [0.1, 0.15) is 0 Å². The summed E-state index contributed by atoms with van der Waals surface area (Å²) in [7, 11) is 0. The van der Waals surface area contributed by atoms with Gasteiger partial charge in [0.25, 0.3) is 5.69 Å². The zero-order valence-corrected chi connectivity index (χ0v) is 29.6. The zero-order valence-electron chi connectivity index (χ0n) is 29.6. The number of aliphatic hydroxyl groups is 1. The molecular formula is C40H46N6O7. The molecule has 6 rings (SSSR count). The van der Waals surface area contributed by atoms with Crippen LogP contribution in [0.4, 0.5) is 22.7 Å². The second kappa shape index (κ2) is 17.9. The van der Waals surface area contributed by atoms with Gasteiger partial charge in [-0.2, -0.15) is 0 Å². The second-order valence-electron chi connectivity index (χ2n) is 13.4. The van der Waals surface area contributed by atoms with E-state index in [1.165, 1.54) is 0 Å². The molecule has 2 amide bonds. The smallest absolute Gasteiger partial charge is 0.269 e. The second-order valence-corrected chi connectivity index (χ2v) is 13.4. The molecule has 5 N–H and O–H groups in total. The minimum Gasteiger partial charge on any atom is -0.397 e. The number of ether oxygens (including phenoxy) is 2. The number of aliphatic hydroxyl groups excluding tert-OH is 1. The van der Waals surface area contributed by atoms with E-state index in [1.54, 1.807) is 48.5 Å². The maximum Gasteiger partial charge on any atom is 0.269 e. The fraction of sp³-hybridized carbons (Fsp3) is 0.350. The maximum absolute atomic E-state index is 12.5. The fourth-order valence-corrected chi connectivity index (χ4v) is 6.61. The van der Waals surface area contributed by atoms with E-state index in [1.807, 2.05) is 48.5 Å². The number of rotatable bonds is 14. The van der Waals surface area contributed by atoms with Gasteiger partial charge < -0.3 is 35.8 Å². The number of para-hydroxylation sites is 2. The Kier molecular flexibility index (Phi) is 12.7. The third-order valence-corrected chi connectivity index (χ3v) is 9.66. The molecule has 0 saturated carbocycles. The van der Waals surface area contributed by atoms with Crippen LogP contribution in [0.2, 0.25) is 0 Å². The number of carbonyl (C=O) groups excluding carboxylic acids is 2. The summed E-state index contributed by atoms with van der Waals surface area (Å²) in [4.78, 5) is 40.1. The highest BCUT2D eigenvalue weighted by Gasteiger charge is 2.34. The van der Waals surface area contributed by atoms with Gasteiger partial charge in [0.05, 0.1) is 35.1 Å². The van der Waals surface area contributed by atoms with Gasteiger partial charge in [-0.25, -0.2) is 0 Å². The Morgan fingerprint density at radius 2 is 1.49 bits per heavy atom. The van der Waals surface area contributed by atoms with E-state index in [0.29, 0.717) is 30.8 Å². The Morgan fingerprint density at radius 1 is 0.830 bits per heavy atom. The number of anilines is 3. The maximum atomic E-state index is 12.5. The monoisotopic (exact) mass is 722 g/mol. The van der Waals surface area contributed by atoms with Crippen molar-refractivity contribution in [1.82, 2.24) is 10.2 Å². The van der Waals surface area contributed by atoms with Crippen LogP contribution in [-0.4, -0.2) is 65.6 Å². The molecule has 3 atom stereocenters. The molecule has 2 saturated heterocycles. The molecule has 0 aliphatic carbocycles. The summed E-state index contributed by atoms with van der Waals surface area (Å²) < 4.78 is 13.1. The van der Waals surface area contributed by atoms with Crippen LogP contribution in [0, 0.1) is 10.1 Å². The summed E-state index contributed by atoms with van der Waals surface area (Å²) in [5.41, 5.74) is 11.6. The molecule has 0 radical (unpaired) electrons. The molecule has 2 aliphatic rings. The van der Waals surface area contributed by atoms with E-state index in [4.69, 9.17) is 15.2 Å². The van der Waals surface area contributed by atoms with Gasteiger partial charge in [-0.05, 0) is 47.4 Å². The topological polar surface area (TPSA) is 173 Å². The molecule has 13 nitrogen and oxygen atoms in total. The summed E-state index contributed by atoms with van der Waals surface area (Å²) in [6.45, 7) is 4.31. The van der Waals surface area contributed by atoms with Crippen LogP contribution in [0.15, 0.2) is 97.1 Å². The Balaban J connectivity index is 1.01.